The molecule has 0 radical (unpaired) electrons. The largest absolute Gasteiger partial charge is 0.366 e. The van der Waals surface area contributed by atoms with E-state index in [-0.39, 0.29) is 5.82 Å². The van der Waals surface area contributed by atoms with Crippen LogP contribution in [0.25, 0.3) is 0 Å². The minimum absolute atomic E-state index is 0.214. The summed E-state index contributed by atoms with van der Waals surface area (Å²) in [7, 11) is 0. The van der Waals surface area contributed by atoms with Gasteiger partial charge < -0.3 is 11.1 Å². The van der Waals surface area contributed by atoms with E-state index in [4.69, 9.17) is 5.73 Å². The number of nitrogens with one attached hydrogen (secondary N) is 1. The van der Waals surface area contributed by atoms with Crippen LogP contribution in [-0.4, -0.2) is 12.5 Å². The Morgan fingerprint density at radius 2 is 2.05 bits per heavy atom. The molecular weight excluding hydrogens is 263 g/mol. The van der Waals surface area contributed by atoms with Crippen molar-refractivity contribution in [3.63, 3.8) is 0 Å². The van der Waals surface area contributed by atoms with Gasteiger partial charge in [-0.3, -0.25) is 4.79 Å². The van der Waals surface area contributed by atoms with Gasteiger partial charge >= 0.3 is 0 Å². The maximum atomic E-state index is 12.7. The minimum atomic E-state index is -0.395. The number of rotatable bonds is 6. The zero-order valence-corrected chi connectivity index (χ0v) is 11.2. The van der Waals surface area contributed by atoms with Gasteiger partial charge in [-0.15, -0.1) is 11.3 Å². The molecule has 0 aliphatic carbocycles. The SMILES string of the molecule is NC(=O)c1csc(CNCCc2ccc(F)cc2)c1. The zero-order chi connectivity index (χ0) is 13.7. The van der Waals surface area contributed by atoms with Gasteiger partial charge in [0.2, 0.25) is 5.91 Å². The average Bonchev–Trinajstić information content (AvgIpc) is 2.86. The molecule has 100 valence electrons. The van der Waals surface area contributed by atoms with E-state index in [2.05, 4.69) is 5.32 Å². The van der Waals surface area contributed by atoms with Crippen molar-refractivity contribution in [2.24, 2.45) is 5.73 Å². The molecule has 3 nitrogen and oxygen atoms in total. The Hall–Kier alpha value is -1.72. The molecule has 0 saturated heterocycles. The van der Waals surface area contributed by atoms with Crippen molar-refractivity contribution in [3.8, 4) is 0 Å². The van der Waals surface area contributed by atoms with E-state index in [1.165, 1.54) is 23.5 Å². The Labute approximate surface area is 115 Å². The van der Waals surface area contributed by atoms with Gasteiger partial charge in [0, 0.05) is 16.8 Å². The fourth-order valence-electron chi connectivity index (χ4n) is 1.70. The second-order valence-electron chi connectivity index (χ2n) is 4.22. The van der Waals surface area contributed by atoms with Crippen molar-refractivity contribution in [2.75, 3.05) is 6.54 Å². The van der Waals surface area contributed by atoms with Crippen LogP contribution in [0.4, 0.5) is 4.39 Å². The highest BCUT2D eigenvalue weighted by Gasteiger charge is 2.04. The molecule has 1 aromatic carbocycles. The zero-order valence-electron chi connectivity index (χ0n) is 10.4. The molecule has 0 unspecified atom stereocenters. The predicted octanol–water partition coefficient (Wildman–Crippen LogP) is 2.32. The van der Waals surface area contributed by atoms with Crippen LogP contribution < -0.4 is 11.1 Å². The number of halogens is 1. The number of carbonyl (C=O) groups is 1. The van der Waals surface area contributed by atoms with Crippen LogP contribution >= 0.6 is 11.3 Å². The highest BCUT2D eigenvalue weighted by atomic mass is 32.1. The molecule has 19 heavy (non-hydrogen) atoms. The molecule has 2 rings (SSSR count). The van der Waals surface area contributed by atoms with Gasteiger partial charge in [0.1, 0.15) is 5.82 Å². The van der Waals surface area contributed by atoms with Gasteiger partial charge in [-0.1, -0.05) is 12.1 Å². The van der Waals surface area contributed by atoms with E-state index in [9.17, 15) is 9.18 Å². The van der Waals surface area contributed by atoms with Crippen LogP contribution in [0.2, 0.25) is 0 Å². The quantitative estimate of drug-likeness (QED) is 0.797. The molecule has 5 heteroatoms. The highest BCUT2D eigenvalue weighted by molar-refractivity contribution is 7.10. The van der Waals surface area contributed by atoms with E-state index in [1.54, 1.807) is 23.6 Å². The van der Waals surface area contributed by atoms with Gasteiger partial charge in [0.25, 0.3) is 0 Å². The summed E-state index contributed by atoms with van der Waals surface area (Å²) >= 11 is 1.51. The summed E-state index contributed by atoms with van der Waals surface area (Å²) in [5.74, 6) is -0.608. The lowest BCUT2D eigenvalue weighted by atomic mass is 10.1. The summed E-state index contributed by atoms with van der Waals surface area (Å²) in [6.45, 7) is 1.51. The van der Waals surface area contributed by atoms with Crippen LogP contribution in [0, 0.1) is 5.82 Å². The molecule has 0 saturated carbocycles. The molecule has 0 aliphatic heterocycles. The molecule has 0 fully saturated rings. The average molecular weight is 278 g/mol. The molecule has 0 bridgehead atoms. The number of carbonyl (C=O) groups excluding carboxylic acids is 1. The summed E-state index contributed by atoms with van der Waals surface area (Å²) in [6, 6.07) is 8.31. The van der Waals surface area contributed by atoms with Crippen LogP contribution in [0.1, 0.15) is 20.8 Å². The molecule has 0 spiro atoms. The number of amides is 1. The van der Waals surface area contributed by atoms with Crippen molar-refractivity contribution < 1.29 is 9.18 Å². The fourth-order valence-corrected chi connectivity index (χ4v) is 2.54. The van der Waals surface area contributed by atoms with E-state index >= 15 is 0 Å². The second-order valence-corrected chi connectivity index (χ2v) is 5.21. The third kappa shape index (κ3) is 4.15. The minimum Gasteiger partial charge on any atom is -0.366 e. The number of hydrogen-bond donors (Lipinski definition) is 2. The molecule has 3 N–H and O–H groups in total. The smallest absolute Gasteiger partial charge is 0.249 e. The Morgan fingerprint density at radius 1 is 1.32 bits per heavy atom. The number of hydrogen-bond acceptors (Lipinski definition) is 3. The first-order chi connectivity index (χ1) is 9.15. The highest BCUT2D eigenvalue weighted by Crippen LogP contribution is 2.13. The normalized spacial score (nSPS) is 10.6. The summed E-state index contributed by atoms with van der Waals surface area (Å²) in [5.41, 5.74) is 6.84. The van der Waals surface area contributed by atoms with Gasteiger partial charge in [-0.25, -0.2) is 4.39 Å². The van der Waals surface area contributed by atoms with Gasteiger partial charge in [-0.2, -0.15) is 0 Å². The predicted molar refractivity (Wildman–Crippen MR) is 74.6 cm³/mol. The number of nitrogens with two attached hydrogens (primary N) is 1. The van der Waals surface area contributed by atoms with Gasteiger partial charge in [0.05, 0.1) is 5.56 Å². The Kier molecular flexibility index (Phi) is 4.65. The lowest BCUT2D eigenvalue weighted by molar-refractivity contribution is 0.100. The molecule has 1 aromatic heterocycles. The standard InChI is InChI=1S/C14H15FN2OS/c15-12-3-1-10(2-4-12)5-6-17-8-13-7-11(9-19-13)14(16)18/h1-4,7,9,17H,5-6,8H2,(H2,16,18). The first kappa shape index (κ1) is 13.7. The molecule has 1 amide bonds. The van der Waals surface area contributed by atoms with Crippen molar-refractivity contribution in [1.82, 2.24) is 5.32 Å². The summed E-state index contributed by atoms with van der Waals surface area (Å²) in [4.78, 5) is 12.0. The van der Waals surface area contributed by atoms with Crippen LogP contribution in [0.3, 0.4) is 0 Å². The number of thiophene rings is 1. The van der Waals surface area contributed by atoms with Crippen LogP contribution in [0.5, 0.6) is 0 Å². The Morgan fingerprint density at radius 3 is 2.68 bits per heavy atom. The van der Waals surface area contributed by atoms with Crippen LogP contribution in [0.15, 0.2) is 35.7 Å². The Bertz CT molecular complexity index is 551. The topological polar surface area (TPSA) is 55.1 Å². The lowest BCUT2D eigenvalue weighted by Gasteiger charge is -2.03. The summed E-state index contributed by atoms with van der Waals surface area (Å²) in [6.07, 6.45) is 0.842. The van der Waals surface area contributed by atoms with Gasteiger partial charge in [-0.05, 0) is 36.7 Å². The summed E-state index contributed by atoms with van der Waals surface area (Å²) < 4.78 is 12.7. The summed E-state index contributed by atoms with van der Waals surface area (Å²) in [5, 5.41) is 5.04. The molecule has 0 aliphatic rings. The van der Waals surface area contributed by atoms with Crippen molar-refractivity contribution in [2.45, 2.75) is 13.0 Å². The molecule has 1 heterocycles. The maximum Gasteiger partial charge on any atom is 0.249 e. The fraction of sp³-hybridized carbons (Fsp3) is 0.214. The first-order valence-corrected chi connectivity index (χ1v) is 6.85. The third-order valence-corrected chi connectivity index (χ3v) is 3.68. The first-order valence-electron chi connectivity index (χ1n) is 5.97. The lowest BCUT2D eigenvalue weighted by Crippen LogP contribution is -2.16. The maximum absolute atomic E-state index is 12.7. The van der Waals surface area contributed by atoms with E-state index in [0.29, 0.717) is 12.1 Å². The third-order valence-electron chi connectivity index (χ3n) is 2.74. The van der Waals surface area contributed by atoms with Crippen LogP contribution in [-0.2, 0) is 13.0 Å². The van der Waals surface area contributed by atoms with Crippen molar-refractivity contribution in [3.05, 3.63) is 57.5 Å². The van der Waals surface area contributed by atoms with Gasteiger partial charge in [0.15, 0.2) is 0 Å². The Balaban J connectivity index is 1.74. The second kappa shape index (κ2) is 6.45. The van der Waals surface area contributed by atoms with Crippen molar-refractivity contribution in [1.29, 1.82) is 0 Å². The molecular formula is C14H15FN2OS. The van der Waals surface area contributed by atoms with Crippen molar-refractivity contribution >= 4 is 17.2 Å². The number of benzene rings is 1. The van der Waals surface area contributed by atoms with E-state index in [1.807, 2.05) is 0 Å². The molecule has 2 aromatic rings. The monoisotopic (exact) mass is 278 g/mol. The molecule has 0 atom stereocenters. The van der Waals surface area contributed by atoms with E-state index < -0.39 is 5.91 Å². The number of primary amides is 1. The van der Waals surface area contributed by atoms with E-state index in [0.717, 1.165) is 23.4 Å².